The fourth-order valence-corrected chi connectivity index (χ4v) is 1.47. The molecule has 0 aromatic carbocycles. The third-order valence-corrected chi connectivity index (χ3v) is 2.73. The molecular formula is C10H12BrNO. The molecule has 70 valence electrons. The zero-order chi connectivity index (χ0) is 9.84. The minimum atomic E-state index is 0.0821. The minimum Gasteiger partial charge on any atom is -0.294 e. The van der Waals surface area contributed by atoms with Crippen LogP contribution in [0.15, 0.2) is 22.9 Å². The van der Waals surface area contributed by atoms with Crippen molar-refractivity contribution in [3.8, 4) is 0 Å². The van der Waals surface area contributed by atoms with Crippen molar-refractivity contribution in [1.82, 2.24) is 4.98 Å². The second-order valence-electron chi connectivity index (χ2n) is 3.03. The van der Waals surface area contributed by atoms with Gasteiger partial charge < -0.3 is 0 Å². The molecule has 1 aromatic heterocycles. The molecule has 0 bridgehead atoms. The Bertz CT molecular complexity index is 312. The van der Waals surface area contributed by atoms with Gasteiger partial charge in [-0.15, -0.1) is 0 Å². The Kier molecular flexibility index (Phi) is 3.60. The van der Waals surface area contributed by atoms with Crippen LogP contribution in [0, 0.1) is 5.92 Å². The van der Waals surface area contributed by atoms with Gasteiger partial charge in [0.25, 0.3) is 0 Å². The van der Waals surface area contributed by atoms with E-state index in [2.05, 4.69) is 20.9 Å². The van der Waals surface area contributed by atoms with Crippen LogP contribution in [0.2, 0.25) is 0 Å². The van der Waals surface area contributed by atoms with Crippen LogP contribution in [-0.4, -0.2) is 10.8 Å². The Labute approximate surface area is 86.5 Å². The summed E-state index contributed by atoms with van der Waals surface area (Å²) in [7, 11) is 0. The van der Waals surface area contributed by atoms with Gasteiger partial charge in [-0.05, 0) is 28.4 Å². The molecule has 3 heteroatoms. The number of rotatable bonds is 3. The lowest BCUT2D eigenvalue weighted by Gasteiger charge is -2.07. The monoisotopic (exact) mass is 241 g/mol. The van der Waals surface area contributed by atoms with E-state index in [4.69, 9.17) is 0 Å². The first-order chi connectivity index (χ1) is 6.16. The Balaban J connectivity index is 2.95. The van der Waals surface area contributed by atoms with Crippen molar-refractivity contribution in [3.05, 3.63) is 28.5 Å². The lowest BCUT2D eigenvalue weighted by molar-refractivity contribution is 0.0926. The normalized spacial score (nSPS) is 12.5. The lowest BCUT2D eigenvalue weighted by atomic mass is 9.98. The number of hydrogen-bond acceptors (Lipinski definition) is 2. The Hall–Kier alpha value is -0.700. The quantitative estimate of drug-likeness (QED) is 0.762. The summed E-state index contributed by atoms with van der Waals surface area (Å²) in [5.74, 6) is 0.260. The molecular weight excluding hydrogens is 230 g/mol. The average Bonchev–Trinajstić information content (AvgIpc) is 2.16. The van der Waals surface area contributed by atoms with Crippen LogP contribution in [0.25, 0.3) is 0 Å². The summed E-state index contributed by atoms with van der Waals surface area (Å²) in [6.07, 6.45) is 4.16. The maximum absolute atomic E-state index is 11.7. The predicted octanol–water partition coefficient (Wildman–Crippen LogP) is 3.07. The molecule has 0 aliphatic carbocycles. The molecule has 0 fully saturated rings. The van der Waals surface area contributed by atoms with Gasteiger partial charge in [-0.25, -0.2) is 0 Å². The Morgan fingerprint density at radius 1 is 1.69 bits per heavy atom. The fourth-order valence-electron chi connectivity index (χ4n) is 1.03. The van der Waals surface area contributed by atoms with E-state index >= 15 is 0 Å². The third kappa shape index (κ3) is 2.37. The molecule has 0 radical (unpaired) electrons. The van der Waals surface area contributed by atoms with Gasteiger partial charge in [0.1, 0.15) is 0 Å². The van der Waals surface area contributed by atoms with Gasteiger partial charge in [0, 0.05) is 28.3 Å². The van der Waals surface area contributed by atoms with Gasteiger partial charge >= 0.3 is 0 Å². The molecule has 2 nitrogen and oxygen atoms in total. The van der Waals surface area contributed by atoms with Crippen molar-refractivity contribution in [2.45, 2.75) is 20.3 Å². The Morgan fingerprint density at radius 3 is 2.92 bits per heavy atom. The number of carbonyl (C=O) groups excluding carboxylic acids is 1. The van der Waals surface area contributed by atoms with Crippen molar-refractivity contribution < 1.29 is 4.79 Å². The second kappa shape index (κ2) is 4.51. The van der Waals surface area contributed by atoms with E-state index < -0.39 is 0 Å². The van der Waals surface area contributed by atoms with Crippen molar-refractivity contribution >= 4 is 21.7 Å². The maximum Gasteiger partial charge on any atom is 0.166 e. The number of carbonyl (C=O) groups is 1. The molecule has 1 aromatic rings. The SMILES string of the molecule is CCC(C)C(=O)c1ccncc1Br. The smallest absolute Gasteiger partial charge is 0.166 e. The minimum absolute atomic E-state index is 0.0821. The van der Waals surface area contributed by atoms with Gasteiger partial charge in [-0.2, -0.15) is 0 Å². The molecule has 0 spiro atoms. The molecule has 0 aliphatic rings. The summed E-state index contributed by atoms with van der Waals surface area (Å²) in [5, 5.41) is 0. The highest BCUT2D eigenvalue weighted by Gasteiger charge is 2.15. The van der Waals surface area contributed by atoms with E-state index in [1.54, 1.807) is 18.5 Å². The summed E-state index contributed by atoms with van der Waals surface area (Å²) in [6.45, 7) is 3.95. The Morgan fingerprint density at radius 2 is 2.38 bits per heavy atom. The standard InChI is InChI=1S/C10H12BrNO/c1-3-7(2)10(13)8-4-5-12-6-9(8)11/h4-7H,3H2,1-2H3. The van der Waals surface area contributed by atoms with Crippen LogP contribution in [0.3, 0.4) is 0 Å². The molecule has 0 saturated carbocycles. The largest absolute Gasteiger partial charge is 0.294 e. The summed E-state index contributed by atoms with van der Waals surface area (Å²) in [4.78, 5) is 15.7. The van der Waals surface area contributed by atoms with E-state index in [0.717, 1.165) is 16.5 Å². The number of Topliss-reactive ketones (excluding diaryl/α,β-unsaturated/α-hetero) is 1. The number of ketones is 1. The van der Waals surface area contributed by atoms with Crippen molar-refractivity contribution in [3.63, 3.8) is 0 Å². The van der Waals surface area contributed by atoms with E-state index in [0.29, 0.717) is 0 Å². The van der Waals surface area contributed by atoms with Crippen molar-refractivity contribution in [2.24, 2.45) is 5.92 Å². The molecule has 0 amide bonds. The van der Waals surface area contributed by atoms with E-state index in [9.17, 15) is 4.79 Å². The molecule has 0 aliphatic heterocycles. The van der Waals surface area contributed by atoms with Crippen molar-refractivity contribution in [2.75, 3.05) is 0 Å². The number of nitrogens with zero attached hydrogens (tertiary/aromatic N) is 1. The zero-order valence-electron chi connectivity index (χ0n) is 7.75. The predicted molar refractivity (Wildman–Crippen MR) is 55.7 cm³/mol. The number of pyridine rings is 1. The maximum atomic E-state index is 11.7. The summed E-state index contributed by atoms with van der Waals surface area (Å²) >= 11 is 3.31. The first-order valence-electron chi connectivity index (χ1n) is 4.30. The van der Waals surface area contributed by atoms with Gasteiger partial charge in [0.05, 0.1) is 0 Å². The highest BCUT2D eigenvalue weighted by molar-refractivity contribution is 9.10. The lowest BCUT2D eigenvalue weighted by Crippen LogP contribution is -2.10. The first kappa shape index (κ1) is 10.4. The summed E-state index contributed by atoms with van der Waals surface area (Å²) in [6, 6.07) is 1.75. The average molecular weight is 242 g/mol. The number of halogens is 1. The molecule has 1 rings (SSSR count). The third-order valence-electron chi connectivity index (χ3n) is 2.10. The molecule has 1 atom stereocenters. The zero-order valence-corrected chi connectivity index (χ0v) is 9.34. The molecule has 1 heterocycles. The van der Waals surface area contributed by atoms with Gasteiger partial charge in [0.15, 0.2) is 5.78 Å². The number of aromatic nitrogens is 1. The van der Waals surface area contributed by atoms with E-state index in [1.807, 2.05) is 13.8 Å². The van der Waals surface area contributed by atoms with Gasteiger partial charge in [-0.3, -0.25) is 9.78 Å². The van der Waals surface area contributed by atoms with Crippen LogP contribution in [0.4, 0.5) is 0 Å². The molecule has 1 unspecified atom stereocenters. The van der Waals surface area contributed by atoms with Crippen molar-refractivity contribution in [1.29, 1.82) is 0 Å². The van der Waals surface area contributed by atoms with E-state index in [1.165, 1.54) is 0 Å². The first-order valence-corrected chi connectivity index (χ1v) is 5.09. The van der Waals surface area contributed by atoms with Gasteiger partial charge in [0.2, 0.25) is 0 Å². The highest BCUT2D eigenvalue weighted by Crippen LogP contribution is 2.19. The molecule has 13 heavy (non-hydrogen) atoms. The summed E-state index contributed by atoms with van der Waals surface area (Å²) < 4.78 is 0.778. The van der Waals surface area contributed by atoms with E-state index in [-0.39, 0.29) is 11.7 Å². The molecule has 0 saturated heterocycles. The van der Waals surface area contributed by atoms with Crippen LogP contribution in [-0.2, 0) is 0 Å². The topological polar surface area (TPSA) is 30.0 Å². The number of hydrogen-bond donors (Lipinski definition) is 0. The molecule has 0 N–H and O–H groups in total. The van der Waals surface area contributed by atoms with Gasteiger partial charge in [-0.1, -0.05) is 13.8 Å². The van der Waals surface area contributed by atoms with Crippen LogP contribution < -0.4 is 0 Å². The fraction of sp³-hybridized carbons (Fsp3) is 0.400. The van der Waals surface area contributed by atoms with Crippen LogP contribution in [0.1, 0.15) is 30.6 Å². The second-order valence-corrected chi connectivity index (χ2v) is 3.88. The highest BCUT2D eigenvalue weighted by atomic mass is 79.9. The van der Waals surface area contributed by atoms with Crippen LogP contribution in [0.5, 0.6) is 0 Å². The van der Waals surface area contributed by atoms with Crippen LogP contribution >= 0.6 is 15.9 Å². The summed E-state index contributed by atoms with van der Waals surface area (Å²) in [5.41, 5.74) is 0.726.